The predicted molar refractivity (Wildman–Crippen MR) is 103 cm³/mol. The van der Waals surface area contributed by atoms with Crippen molar-refractivity contribution in [1.29, 1.82) is 0 Å². The zero-order valence-electron chi connectivity index (χ0n) is 15.4. The normalized spacial score (nSPS) is 10.1. The van der Waals surface area contributed by atoms with Crippen LogP contribution < -0.4 is 5.32 Å². The Morgan fingerprint density at radius 2 is 1.61 bits per heavy atom. The lowest BCUT2D eigenvalue weighted by molar-refractivity contribution is -0.137. The molecule has 146 valence electrons. The standard InChI is InChI=1S/C20H19ClN2O5/c1-22-17(24)11-23(2)18(25)12-28-20(27)16-6-4-3-5-15(16)19(26)13-7-9-14(21)10-8-13/h3-10H,11-12H2,1-2H3,(H,22,24). The summed E-state index contributed by atoms with van der Waals surface area (Å²) in [6, 6.07) is 12.5. The molecule has 0 aliphatic rings. The van der Waals surface area contributed by atoms with Gasteiger partial charge in [-0.1, -0.05) is 29.8 Å². The first kappa shape index (κ1) is 21.1. The number of esters is 1. The van der Waals surface area contributed by atoms with Crippen LogP contribution in [0.4, 0.5) is 0 Å². The summed E-state index contributed by atoms with van der Waals surface area (Å²) in [5, 5.41) is 2.88. The molecule has 0 aromatic heterocycles. The number of hydrogen-bond acceptors (Lipinski definition) is 5. The summed E-state index contributed by atoms with van der Waals surface area (Å²) in [7, 11) is 2.87. The average molecular weight is 403 g/mol. The zero-order valence-corrected chi connectivity index (χ0v) is 16.2. The van der Waals surface area contributed by atoms with E-state index in [0.717, 1.165) is 4.90 Å². The van der Waals surface area contributed by atoms with Crippen molar-refractivity contribution in [1.82, 2.24) is 10.2 Å². The highest BCUT2D eigenvalue weighted by Crippen LogP contribution is 2.18. The summed E-state index contributed by atoms with van der Waals surface area (Å²) in [6.07, 6.45) is 0. The van der Waals surface area contributed by atoms with Gasteiger partial charge in [-0.3, -0.25) is 14.4 Å². The molecule has 2 rings (SSSR count). The highest BCUT2D eigenvalue weighted by atomic mass is 35.5. The lowest BCUT2D eigenvalue weighted by Gasteiger charge is -2.16. The maximum atomic E-state index is 12.7. The molecule has 0 atom stereocenters. The first-order valence-corrected chi connectivity index (χ1v) is 8.72. The van der Waals surface area contributed by atoms with Gasteiger partial charge in [-0.2, -0.15) is 0 Å². The van der Waals surface area contributed by atoms with Crippen molar-refractivity contribution in [3.05, 3.63) is 70.2 Å². The van der Waals surface area contributed by atoms with E-state index in [1.165, 1.54) is 26.2 Å². The topological polar surface area (TPSA) is 92.8 Å². The molecule has 0 unspecified atom stereocenters. The van der Waals surface area contributed by atoms with Gasteiger partial charge in [0.2, 0.25) is 5.91 Å². The number of likely N-dealkylation sites (N-methyl/N-ethyl adjacent to an activating group) is 2. The van der Waals surface area contributed by atoms with Gasteiger partial charge in [0.15, 0.2) is 12.4 Å². The molecule has 0 saturated carbocycles. The number of carbonyl (C=O) groups excluding carboxylic acids is 4. The third-order valence-electron chi connectivity index (χ3n) is 3.91. The van der Waals surface area contributed by atoms with E-state index in [0.29, 0.717) is 10.6 Å². The Labute approximate surface area is 167 Å². The highest BCUT2D eigenvalue weighted by molar-refractivity contribution is 6.30. The maximum Gasteiger partial charge on any atom is 0.339 e. The van der Waals surface area contributed by atoms with Gasteiger partial charge in [0, 0.05) is 30.2 Å². The van der Waals surface area contributed by atoms with E-state index in [1.807, 2.05) is 0 Å². The third kappa shape index (κ3) is 5.40. The summed E-state index contributed by atoms with van der Waals surface area (Å²) in [4.78, 5) is 49.6. The Morgan fingerprint density at radius 1 is 1.00 bits per heavy atom. The third-order valence-corrected chi connectivity index (χ3v) is 4.16. The smallest absolute Gasteiger partial charge is 0.339 e. The van der Waals surface area contributed by atoms with E-state index in [9.17, 15) is 19.2 Å². The van der Waals surface area contributed by atoms with Gasteiger partial charge >= 0.3 is 5.97 Å². The largest absolute Gasteiger partial charge is 0.452 e. The van der Waals surface area contributed by atoms with Gasteiger partial charge in [0.1, 0.15) is 0 Å². The van der Waals surface area contributed by atoms with Crippen LogP contribution in [-0.4, -0.2) is 55.7 Å². The van der Waals surface area contributed by atoms with Crippen LogP contribution in [0.2, 0.25) is 5.02 Å². The van der Waals surface area contributed by atoms with Gasteiger partial charge in [-0.15, -0.1) is 0 Å². The van der Waals surface area contributed by atoms with E-state index >= 15 is 0 Å². The minimum Gasteiger partial charge on any atom is -0.452 e. The lowest BCUT2D eigenvalue weighted by atomic mass is 9.98. The molecule has 1 N–H and O–H groups in total. The molecule has 0 saturated heterocycles. The number of ketones is 1. The highest BCUT2D eigenvalue weighted by Gasteiger charge is 2.21. The SMILES string of the molecule is CNC(=O)CN(C)C(=O)COC(=O)c1ccccc1C(=O)c1ccc(Cl)cc1. The molecule has 0 spiro atoms. The molecular weight excluding hydrogens is 384 g/mol. The number of benzene rings is 2. The quantitative estimate of drug-likeness (QED) is 0.564. The Bertz CT molecular complexity index is 896. The van der Waals surface area contributed by atoms with Crippen LogP contribution in [0.25, 0.3) is 0 Å². The molecule has 2 amide bonds. The maximum absolute atomic E-state index is 12.7. The molecule has 2 aromatic rings. The fourth-order valence-electron chi connectivity index (χ4n) is 2.31. The molecule has 0 aliphatic carbocycles. The van der Waals surface area contributed by atoms with E-state index in [1.54, 1.807) is 36.4 Å². The summed E-state index contributed by atoms with van der Waals surface area (Å²) >= 11 is 5.83. The fraction of sp³-hybridized carbons (Fsp3) is 0.200. The molecule has 0 heterocycles. The zero-order chi connectivity index (χ0) is 20.7. The van der Waals surface area contributed by atoms with Crippen molar-refractivity contribution in [2.24, 2.45) is 0 Å². The number of rotatable bonds is 7. The van der Waals surface area contributed by atoms with Crippen LogP contribution in [0.5, 0.6) is 0 Å². The van der Waals surface area contributed by atoms with Crippen molar-refractivity contribution in [2.45, 2.75) is 0 Å². The number of amides is 2. The van der Waals surface area contributed by atoms with Gasteiger partial charge in [0.25, 0.3) is 5.91 Å². The van der Waals surface area contributed by atoms with Crippen molar-refractivity contribution >= 4 is 35.2 Å². The predicted octanol–water partition coefficient (Wildman–Crippen LogP) is 1.93. The van der Waals surface area contributed by atoms with Crippen LogP contribution >= 0.6 is 11.6 Å². The molecule has 7 nitrogen and oxygen atoms in total. The Hall–Kier alpha value is -3.19. The van der Waals surface area contributed by atoms with Crippen molar-refractivity contribution in [3.8, 4) is 0 Å². The van der Waals surface area contributed by atoms with E-state index in [2.05, 4.69) is 5.32 Å². The lowest BCUT2D eigenvalue weighted by Crippen LogP contribution is -2.39. The van der Waals surface area contributed by atoms with Gasteiger partial charge in [-0.05, 0) is 30.3 Å². The monoisotopic (exact) mass is 402 g/mol. The first-order chi connectivity index (χ1) is 13.3. The number of ether oxygens (including phenoxy) is 1. The second-order valence-electron chi connectivity index (χ2n) is 5.88. The van der Waals surface area contributed by atoms with Crippen LogP contribution in [0.3, 0.4) is 0 Å². The molecular formula is C20H19ClN2O5. The Balaban J connectivity index is 2.10. The van der Waals surface area contributed by atoms with Gasteiger partial charge in [-0.25, -0.2) is 4.79 Å². The van der Waals surface area contributed by atoms with Crippen molar-refractivity contribution in [3.63, 3.8) is 0 Å². The minimum atomic E-state index is -0.806. The second kappa shape index (κ2) is 9.66. The van der Waals surface area contributed by atoms with E-state index in [-0.39, 0.29) is 29.4 Å². The number of carbonyl (C=O) groups is 4. The average Bonchev–Trinajstić information content (AvgIpc) is 2.71. The molecule has 0 bridgehead atoms. The molecule has 8 heteroatoms. The summed E-state index contributed by atoms with van der Waals surface area (Å²) in [5.41, 5.74) is 0.566. The van der Waals surface area contributed by atoms with Crippen molar-refractivity contribution < 1.29 is 23.9 Å². The van der Waals surface area contributed by atoms with Crippen LogP contribution in [0.15, 0.2) is 48.5 Å². The number of nitrogens with zero attached hydrogens (tertiary/aromatic N) is 1. The fourth-order valence-corrected chi connectivity index (χ4v) is 2.44. The number of halogens is 1. The van der Waals surface area contributed by atoms with E-state index in [4.69, 9.17) is 16.3 Å². The second-order valence-corrected chi connectivity index (χ2v) is 6.32. The van der Waals surface area contributed by atoms with Crippen LogP contribution in [0.1, 0.15) is 26.3 Å². The molecule has 0 radical (unpaired) electrons. The summed E-state index contributed by atoms with van der Waals surface area (Å²) in [5.74, 6) is -2.06. The molecule has 28 heavy (non-hydrogen) atoms. The molecule has 2 aromatic carbocycles. The van der Waals surface area contributed by atoms with Crippen molar-refractivity contribution in [2.75, 3.05) is 27.2 Å². The van der Waals surface area contributed by atoms with Gasteiger partial charge < -0.3 is 15.0 Å². The van der Waals surface area contributed by atoms with E-state index < -0.39 is 18.5 Å². The summed E-state index contributed by atoms with van der Waals surface area (Å²) in [6.45, 7) is -0.700. The Kier molecular flexibility index (Phi) is 7.28. The molecule has 0 fully saturated rings. The van der Waals surface area contributed by atoms with Crippen LogP contribution in [-0.2, 0) is 14.3 Å². The summed E-state index contributed by atoms with van der Waals surface area (Å²) < 4.78 is 5.04. The first-order valence-electron chi connectivity index (χ1n) is 8.34. The number of nitrogens with one attached hydrogen (secondary N) is 1. The van der Waals surface area contributed by atoms with Gasteiger partial charge in [0.05, 0.1) is 12.1 Å². The minimum absolute atomic E-state index is 0.0456. The molecule has 0 aliphatic heterocycles. The number of hydrogen-bond donors (Lipinski definition) is 1. The Morgan fingerprint density at radius 3 is 2.21 bits per heavy atom. The van der Waals surface area contributed by atoms with Crippen LogP contribution in [0, 0.1) is 0 Å².